The summed E-state index contributed by atoms with van der Waals surface area (Å²) in [7, 11) is 2.07. The van der Waals surface area contributed by atoms with Crippen molar-refractivity contribution in [3.63, 3.8) is 0 Å². The summed E-state index contributed by atoms with van der Waals surface area (Å²) in [6.45, 7) is 6.25. The topological polar surface area (TPSA) is 38.5 Å². The van der Waals surface area contributed by atoms with Gasteiger partial charge in [-0.3, -0.25) is 4.90 Å². The summed E-state index contributed by atoms with van der Waals surface area (Å²) in [5, 5.41) is 4.00. The third kappa shape index (κ3) is 4.10. The van der Waals surface area contributed by atoms with Crippen LogP contribution in [0.4, 0.5) is 0 Å². The van der Waals surface area contributed by atoms with Crippen molar-refractivity contribution in [2.24, 2.45) is 0 Å². The molecule has 0 radical (unpaired) electrons. The third-order valence-electron chi connectivity index (χ3n) is 2.80. The van der Waals surface area contributed by atoms with E-state index in [1.807, 2.05) is 32.0 Å². The van der Waals surface area contributed by atoms with E-state index in [4.69, 9.17) is 9.26 Å². The highest BCUT2D eigenvalue weighted by Gasteiger charge is 2.05. The largest absolute Gasteiger partial charge is 0.494 e. The number of rotatable bonds is 6. The number of aryl methyl sites for hydroxylation is 1. The van der Waals surface area contributed by atoms with E-state index < -0.39 is 0 Å². The van der Waals surface area contributed by atoms with E-state index >= 15 is 0 Å². The first kappa shape index (κ1) is 13.6. The molecule has 0 aliphatic rings. The molecule has 0 N–H and O–H groups in total. The van der Waals surface area contributed by atoms with E-state index in [-0.39, 0.29) is 0 Å². The zero-order valence-corrected chi connectivity index (χ0v) is 11.7. The van der Waals surface area contributed by atoms with Gasteiger partial charge in [0.15, 0.2) is 0 Å². The molecule has 0 aliphatic heterocycles. The summed E-state index contributed by atoms with van der Waals surface area (Å²) in [5.74, 6) is 1.77. The van der Waals surface area contributed by atoms with Crippen molar-refractivity contribution in [1.82, 2.24) is 10.1 Å². The van der Waals surface area contributed by atoms with E-state index in [2.05, 4.69) is 29.2 Å². The van der Waals surface area contributed by atoms with Gasteiger partial charge in [0.05, 0.1) is 12.3 Å². The van der Waals surface area contributed by atoms with E-state index in [1.165, 1.54) is 5.56 Å². The fourth-order valence-electron chi connectivity index (χ4n) is 1.99. The second kappa shape index (κ2) is 6.38. The van der Waals surface area contributed by atoms with Gasteiger partial charge in [0.1, 0.15) is 11.5 Å². The second-order valence-electron chi connectivity index (χ2n) is 4.68. The molecule has 0 saturated heterocycles. The van der Waals surface area contributed by atoms with Crippen LogP contribution in [0.3, 0.4) is 0 Å². The van der Waals surface area contributed by atoms with Crippen molar-refractivity contribution in [2.45, 2.75) is 26.9 Å². The first-order chi connectivity index (χ1) is 9.17. The average molecular weight is 260 g/mol. The van der Waals surface area contributed by atoms with Crippen molar-refractivity contribution in [3.8, 4) is 5.75 Å². The second-order valence-corrected chi connectivity index (χ2v) is 4.68. The highest BCUT2D eigenvalue weighted by Crippen LogP contribution is 2.14. The molecule has 102 valence electrons. The molecular formula is C15H20N2O2. The number of aromatic nitrogens is 1. The van der Waals surface area contributed by atoms with E-state index in [0.29, 0.717) is 6.61 Å². The van der Waals surface area contributed by atoms with Crippen LogP contribution < -0.4 is 4.74 Å². The van der Waals surface area contributed by atoms with Crippen LogP contribution in [0.15, 0.2) is 34.9 Å². The van der Waals surface area contributed by atoms with Crippen LogP contribution in [0.5, 0.6) is 5.75 Å². The molecule has 1 heterocycles. The lowest BCUT2D eigenvalue weighted by molar-refractivity contribution is 0.301. The van der Waals surface area contributed by atoms with Crippen LogP contribution >= 0.6 is 0 Å². The highest BCUT2D eigenvalue weighted by atomic mass is 16.5. The molecule has 1 aromatic heterocycles. The van der Waals surface area contributed by atoms with Gasteiger partial charge in [-0.1, -0.05) is 17.3 Å². The zero-order valence-electron chi connectivity index (χ0n) is 11.7. The van der Waals surface area contributed by atoms with Gasteiger partial charge in [-0.25, -0.2) is 0 Å². The van der Waals surface area contributed by atoms with Gasteiger partial charge < -0.3 is 9.26 Å². The lowest BCUT2D eigenvalue weighted by Crippen LogP contribution is -2.17. The van der Waals surface area contributed by atoms with Gasteiger partial charge in [0, 0.05) is 19.2 Å². The number of nitrogens with zero attached hydrogens (tertiary/aromatic N) is 2. The molecule has 0 fully saturated rings. The molecule has 0 unspecified atom stereocenters. The number of hydrogen-bond acceptors (Lipinski definition) is 4. The molecule has 4 nitrogen and oxygen atoms in total. The molecule has 0 bridgehead atoms. The Morgan fingerprint density at radius 3 is 2.53 bits per heavy atom. The Bertz CT molecular complexity index is 505. The Morgan fingerprint density at radius 1 is 1.21 bits per heavy atom. The van der Waals surface area contributed by atoms with Crippen molar-refractivity contribution < 1.29 is 9.26 Å². The molecule has 0 spiro atoms. The minimum absolute atomic E-state index is 0.699. The van der Waals surface area contributed by atoms with Crippen molar-refractivity contribution >= 4 is 0 Å². The van der Waals surface area contributed by atoms with E-state index in [9.17, 15) is 0 Å². The molecule has 2 aromatic rings. The summed E-state index contributed by atoms with van der Waals surface area (Å²) in [4.78, 5) is 2.20. The normalized spacial score (nSPS) is 10.9. The van der Waals surface area contributed by atoms with Crippen molar-refractivity contribution in [3.05, 3.63) is 47.3 Å². The van der Waals surface area contributed by atoms with Gasteiger partial charge >= 0.3 is 0 Å². The smallest absolute Gasteiger partial charge is 0.133 e. The molecule has 1 aromatic carbocycles. The minimum atomic E-state index is 0.699. The lowest BCUT2D eigenvalue weighted by Gasteiger charge is -2.15. The maximum atomic E-state index is 5.43. The SMILES string of the molecule is CCOc1ccc(CN(C)Cc2cc(C)on2)cc1. The summed E-state index contributed by atoms with van der Waals surface area (Å²) in [6, 6.07) is 10.2. The fraction of sp³-hybridized carbons (Fsp3) is 0.400. The molecular weight excluding hydrogens is 240 g/mol. The van der Waals surface area contributed by atoms with Gasteiger partial charge in [0.25, 0.3) is 0 Å². The average Bonchev–Trinajstić information content (AvgIpc) is 2.77. The molecule has 4 heteroatoms. The Morgan fingerprint density at radius 2 is 1.95 bits per heavy atom. The predicted molar refractivity (Wildman–Crippen MR) is 74.0 cm³/mol. The van der Waals surface area contributed by atoms with E-state index in [1.54, 1.807) is 0 Å². The first-order valence-electron chi connectivity index (χ1n) is 6.50. The quantitative estimate of drug-likeness (QED) is 0.800. The van der Waals surface area contributed by atoms with Crippen LogP contribution in [0.2, 0.25) is 0 Å². The predicted octanol–water partition coefficient (Wildman–Crippen LogP) is 3.01. The van der Waals surface area contributed by atoms with Gasteiger partial charge in [-0.05, 0) is 38.6 Å². The first-order valence-corrected chi connectivity index (χ1v) is 6.50. The minimum Gasteiger partial charge on any atom is -0.494 e. The maximum Gasteiger partial charge on any atom is 0.133 e. The number of ether oxygens (including phenoxy) is 1. The van der Waals surface area contributed by atoms with E-state index in [0.717, 1.165) is 30.3 Å². The highest BCUT2D eigenvalue weighted by molar-refractivity contribution is 5.27. The molecule has 2 rings (SSSR count). The Labute approximate surface area is 114 Å². The van der Waals surface area contributed by atoms with Gasteiger partial charge in [-0.15, -0.1) is 0 Å². The monoisotopic (exact) mass is 260 g/mol. The Kier molecular flexibility index (Phi) is 4.58. The summed E-state index contributed by atoms with van der Waals surface area (Å²) < 4.78 is 10.5. The van der Waals surface area contributed by atoms with Gasteiger partial charge in [-0.2, -0.15) is 0 Å². The molecule has 0 amide bonds. The van der Waals surface area contributed by atoms with Crippen LogP contribution in [0, 0.1) is 6.92 Å². The van der Waals surface area contributed by atoms with Crippen molar-refractivity contribution in [1.29, 1.82) is 0 Å². The van der Waals surface area contributed by atoms with Crippen LogP contribution in [0.1, 0.15) is 23.9 Å². The molecule has 0 aliphatic carbocycles. The zero-order chi connectivity index (χ0) is 13.7. The number of benzene rings is 1. The molecule has 0 saturated carbocycles. The fourth-order valence-corrected chi connectivity index (χ4v) is 1.99. The summed E-state index contributed by atoms with van der Waals surface area (Å²) >= 11 is 0. The Hall–Kier alpha value is -1.81. The Balaban J connectivity index is 1.89. The summed E-state index contributed by atoms with van der Waals surface area (Å²) in [6.07, 6.45) is 0. The lowest BCUT2D eigenvalue weighted by atomic mass is 10.2. The number of hydrogen-bond donors (Lipinski definition) is 0. The van der Waals surface area contributed by atoms with Crippen LogP contribution in [-0.4, -0.2) is 23.7 Å². The van der Waals surface area contributed by atoms with Crippen LogP contribution in [-0.2, 0) is 13.1 Å². The van der Waals surface area contributed by atoms with Crippen molar-refractivity contribution in [2.75, 3.05) is 13.7 Å². The molecule has 19 heavy (non-hydrogen) atoms. The third-order valence-corrected chi connectivity index (χ3v) is 2.80. The summed E-state index contributed by atoms with van der Waals surface area (Å²) in [5.41, 5.74) is 2.22. The van der Waals surface area contributed by atoms with Crippen LogP contribution in [0.25, 0.3) is 0 Å². The maximum absolute atomic E-state index is 5.43. The van der Waals surface area contributed by atoms with Gasteiger partial charge in [0.2, 0.25) is 0 Å². The standard InChI is InChI=1S/C15H20N2O2/c1-4-18-15-7-5-13(6-8-15)10-17(3)11-14-9-12(2)19-16-14/h5-9H,4,10-11H2,1-3H3. The molecule has 0 atom stereocenters.